The van der Waals surface area contributed by atoms with Crippen molar-refractivity contribution in [3.05, 3.63) is 46.7 Å². The monoisotopic (exact) mass is 333 g/mol. The number of nitrogens with two attached hydrogens (primary N) is 1. The maximum absolute atomic E-state index is 12.0. The van der Waals surface area contributed by atoms with E-state index in [0.29, 0.717) is 18.8 Å². The summed E-state index contributed by atoms with van der Waals surface area (Å²) in [5.41, 5.74) is 8.52. The molecule has 3 N–H and O–H groups in total. The number of carbonyl (C=O) groups is 1. The Kier molecular flexibility index (Phi) is 3.63. The fourth-order valence-corrected chi connectivity index (χ4v) is 3.02. The van der Waals surface area contributed by atoms with Gasteiger partial charge in [0.1, 0.15) is 5.69 Å². The largest absolute Gasteiger partial charge is 0.349 e. The molecular weight excluding hydrogens is 318 g/mol. The molecule has 0 bridgehead atoms. The second-order valence-electron chi connectivity index (χ2n) is 4.97. The third kappa shape index (κ3) is 2.39. The Morgan fingerprint density at radius 2 is 2.20 bits per heavy atom. The molecular formula is C15H16BrN3O. The number of amides is 1. The van der Waals surface area contributed by atoms with Crippen LogP contribution in [0.1, 0.15) is 23.0 Å². The summed E-state index contributed by atoms with van der Waals surface area (Å²) in [5.74, 6) is -0.0143. The van der Waals surface area contributed by atoms with Crippen molar-refractivity contribution in [2.24, 2.45) is 5.73 Å². The van der Waals surface area contributed by atoms with Crippen molar-refractivity contribution in [1.82, 2.24) is 9.88 Å². The van der Waals surface area contributed by atoms with Crippen molar-refractivity contribution >= 4 is 21.8 Å². The van der Waals surface area contributed by atoms with Gasteiger partial charge in [0.05, 0.1) is 6.04 Å². The van der Waals surface area contributed by atoms with Gasteiger partial charge in [-0.25, -0.2) is 0 Å². The number of aromatic nitrogens is 1. The van der Waals surface area contributed by atoms with E-state index in [0.717, 1.165) is 22.0 Å². The van der Waals surface area contributed by atoms with Gasteiger partial charge in [0.15, 0.2) is 0 Å². The Bertz CT molecular complexity index is 650. The highest BCUT2D eigenvalue weighted by atomic mass is 79.9. The Hall–Kier alpha value is -1.59. The van der Waals surface area contributed by atoms with Crippen molar-refractivity contribution in [1.29, 1.82) is 0 Å². The summed E-state index contributed by atoms with van der Waals surface area (Å²) in [7, 11) is 0. The first kappa shape index (κ1) is 13.4. The minimum Gasteiger partial charge on any atom is -0.349 e. The molecule has 4 nitrogen and oxygen atoms in total. The van der Waals surface area contributed by atoms with Crippen LogP contribution in [0.15, 0.2) is 41.0 Å². The second-order valence-corrected chi connectivity index (χ2v) is 5.89. The summed E-state index contributed by atoms with van der Waals surface area (Å²) in [6.07, 6.45) is 2.91. The predicted molar refractivity (Wildman–Crippen MR) is 82.6 cm³/mol. The minimum absolute atomic E-state index is 0.0143. The summed E-state index contributed by atoms with van der Waals surface area (Å²) in [6.45, 7) is 1.26. The molecule has 0 radical (unpaired) electrons. The molecule has 0 aliphatic carbocycles. The molecule has 0 spiro atoms. The first-order valence-corrected chi connectivity index (χ1v) is 7.44. The number of nitrogens with one attached hydrogen (secondary N) is 1. The maximum Gasteiger partial charge on any atom is 0.268 e. The number of rotatable bonds is 3. The van der Waals surface area contributed by atoms with E-state index in [2.05, 4.69) is 38.1 Å². The fourth-order valence-electron chi connectivity index (χ4n) is 2.62. The molecule has 20 heavy (non-hydrogen) atoms. The van der Waals surface area contributed by atoms with E-state index in [9.17, 15) is 4.79 Å². The van der Waals surface area contributed by atoms with Crippen LogP contribution in [0.4, 0.5) is 0 Å². The summed E-state index contributed by atoms with van der Waals surface area (Å²) >= 11 is 3.48. The number of benzene rings is 1. The number of fused-ring (bicyclic) bond motifs is 1. The lowest BCUT2D eigenvalue weighted by atomic mass is 10.1. The van der Waals surface area contributed by atoms with E-state index < -0.39 is 0 Å². The minimum atomic E-state index is -0.0143. The Morgan fingerprint density at radius 1 is 1.35 bits per heavy atom. The lowest BCUT2D eigenvalue weighted by Crippen LogP contribution is -2.39. The molecule has 0 saturated heterocycles. The summed E-state index contributed by atoms with van der Waals surface area (Å²) < 4.78 is 3.09. The summed E-state index contributed by atoms with van der Waals surface area (Å²) in [6, 6.07) is 10.3. The first-order valence-electron chi connectivity index (χ1n) is 6.65. The van der Waals surface area contributed by atoms with E-state index in [1.807, 2.05) is 24.3 Å². The molecule has 1 aliphatic heterocycles. The third-order valence-corrected chi connectivity index (χ3v) is 4.12. The average Bonchev–Trinajstić information content (AvgIpc) is 2.88. The van der Waals surface area contributed by atoms with Crippen LogP contribution in [0.25, 0.3) is 11.1 Å². The van der Waals surface area contributed by atoms with Crippen molar-refractivity contribution in [2.45, 2.75) is 12.5 Å². The topological polar surface area (TPSA) is 60.0 Å². The quantitative estimate of drug-likeness (QED) is 0.906. The first-order chi connectivity index (χ1) is 9.69. The van der Waals surface area contributed by atoms with E-state index >= 15 is 0 Å². The fraction of sp³-hybridized carbons (Fsp3) is 0.267. The average molecular weight is 334 g/mol. The Balaban J connectivity index is 2.04. The summed E-state index contributed by atoms with van der Waals surface area (Å²) in [4.78, 5) is 12.0. The highest BCUT2D eigenvalue weighted by Crippen LogP contribution is 2.29. The third-order valence-electron chi connectivity index (χ3n) is 3.63. The number of nitrogens with zero attached hydrogens (tertiary/aromatic N) is 1. The molecule has 1 amide bonds. The molecule has 1 unspecified atom stereocenters. The van der Waals surface area contributed by atoms with Gasteiger partial charge in [-0.2, -0.15) is 0 Å². The number of hydrogen-bond donors (Lipinski definition) is 2. The van der Waals surface area contributed by atoms with Crippen molar-refractivity contribution in [2.75, 3.05) is 13.1 Å². The van der Waals surface area contributed by atoms with E-state index in [1.54, 1.807) is 0 Å². The highest BCUT2D eigenvalue weighted by Gasteiger charge is 2.25. The zero-order valence-corrected chi connectivity index (χ0v) is 12.6. The van der Waals surface area contributed by atoms with Gasteiger partial charge in [0, 0.05) is 22.8 Å². The smallest absolute Gasteiger partial charge is 0.268 e. The van der Waals surface area contributed by atoms with Crippen LogP contribution in [-0.4, -0.2) is 23.6 Å². The molecule has 1 aromatic heterocycles. The van der Waals surface area contributed by atoms with Crippen LogP contribution < -0.4 is 11.1 Å². The molecule has 1 aliphatic rings. The van der Waals surface area contributed by atoms with Gasteiger partial charge >= 0.3 is 0 Å². The van der Waals surface area contributed by atoms with Crippen molar-refractivity contribution in [3.63, 3.8) is 0 Å². The molecule has 3 rings (SSSR count). The molecule has 2 heterocycles. The number of carbonyl (C=O) groups excluding carboxylic acids is 1. The van der Waals surface area contributed by atoms with Gasteiger partial charge < -0.3 is 15.6 Å². The standard InChI is InChI=1S/C15H16BrN3O/c16-12-3-1-2-10(6-12)11-7-14-15(20)18-8-13(4-5-17)19(14)9-11/h1-3,6-7,9,13H,4-5,8,17H2,(H,18,20). The highest BCUT2D eigenvalue weighted by molar-refractivity contribution is 9.10. The van der Waals surface area contributed by atoms with Gasteiger partial charge in [0.2, 0.25) is 0 Å². The molecule has 1 aromatic carbocycles. The number of halogens is 1. The zero-order chi connectivity index (χ0) is 14.1. The van der Waals surface area contributed by atoms with Gasteiger partial charge in [0.25, 0.3) is 5.91 Å². The zero-order valence-electron chi connectivity index (χ0n) is 11.0. The molecule has 1 atom stereocenters. The van der Waals surface area contributed by atoms with Crippen LogP contribution >= 0.6 is 15.9 Å². The lowest BCUT2D eigenvalue weighted by molar-refractivity contribution is 0.0913. The molecule has 2 aromatic rings. The molecule has 104 valence electrons. The van der Waals surface area contributed by atoms with Crippen LogP contribution in [0.3, 0.4) is 0 Å². The predicted octanol–water partition coefficient (Wildman–Crippen LogP) is 2.55. The molecule has 5 heteroatoms. The number of hydrogen-bond acceptors (Lipinski definition) is 2. The van der Waals surface area contributed by atoms with E-state index in [1.165, 1.54) is 0 Å². The Labute approximate surface area is 126 Å². The van der Waals surface area contributed by atoms with Gasteiger partial charge in [-0.15, -0.1) is 0 Å². The summed E-state index contributed by atoms with van der Waals surface area (Å²) in [5, 5.41) is 2.92. The van der Waals surface area contributed by atoms with E-state index in [4.69, 9.17) is 5.73 Å². The lowest BCUT2D eigenvalue weighted by Gasteiger charge is -2.25. The van der Waals surface area contributed by atoms with Crippen LogP contribution in [0.2, 0.25) is 0 Å². The van der Waals surface area contributed by atoms with Crippen LogP contribution in [0.5, 0.6) is 0 Å². The van der Waals surface area contributed by atoms with Gasteiger partial charge in [-0.3, -0.25) is 4.79 Å². The van der Waals surface area contributed by atoms with E-state index in [-0.39, 0.29) is 11.9 Å². The van der Waals surface area contributed by atoms with Gasteiger partial charge in [-0.1, -0.05) is 28.1 Å². The van der Waals surface area contributed by atoms with Crippen molar-refractivity contribution < 1.29 is 4.79 Å². The SMILES string of the molecule is NCCC1CNC(=O)c2cc(-c3cccc(Br)c3)cn21. The molecule has 0 fully saturated rings. The normalized spacial score (nSPS) is 17.7. The van der Waals surface area contributed by atoms with Crippen LogP contribution in [0, 0.1) is 0 Å². The molecule has 0 saturated carbocycles. The van der Waals surface area contributed by atoms with Crippen LogP contribution in [-0.2, 0) is 0 Å². The Morgan fingerprint density at radius 3 is 2.95 bits per heavy atom. The second kappa shape index (κ2) is 5.42. The van der Waals surface area contributed by atoms with Gasteiger partial charge in [-0.05, 0) is 36.7 Å². The van der Waals surface area contributed by atoms with Crippen molar-refractivity contribution in [3.8, 4) is 11.1 Å². The maximum atomic E-state index is 12.0.